The highest BCUT2D eigenvalue weighted by Crippen LogP contribution is 2.20. The molecule has 0 saturated carbocycles. The zero-order valence-electron chi connectivity index (χ0n) is 19.9. The van der Waals surface area contributed by atoms with E-state index in [1.54, 1.807) is 19.2 Å². The number of para-hydroxylation sites is 1. The number of amides is 1. The minimum atomic E-state index is -0.765. The molecule has 1 aromatic carbocycles. The largest absolute Gasteiger partial charge is 0.493 e. The first-order valence-corrected chi connectivity index (χ1v) is 11.4. The standard InChI is InChI=1S/C24H41N3O5/c1-17(2)19(13-21(25)22(29)16-26-14-18(3)28)15-27-24(30)20-9-5-6-10-23(20)32-12-8-7-11-31-4/h5-6,9-10,17,19,21-22,26,29H,7-8,11-16,25H2,1-4H3,(H,27,30). The van der Waals surface area contributed by atoms with Gasteiger partial charge in [-0.15, -0.1) is 0 Å². The maximum absolute atomic E-state index is 12.8. The quantitative estimate of drug-likeness (QED) is 0.266. The average molecular weight is 452 g/mol. The summed E-state index contributed by atoms with van der Waals surface area (Å²) >= 11 is 0. The Morgan fingerprint density at radius 1 is 1.12 bits per heavy atom. The molecule has 0 saturated heterocycles. The van der Waals surface area contributed by atoms with Gasteiger partial charge in [0.2, 0.25) is 0 Å². The predicted octanol–water partition coefficient (Wildman–Crippen LogP) is 1.75. The summed E-state index contributed by atoms with van der Waals surface area (Å²) in [5, 5.41) is 16.2. The van der Waals surface area contributed by atoms with Crippen LogP contribution in [0.3, 0.4) is 0 Å². The molecule has 0 fully saturated rings. The highest BCUT2D eigenvalue weighted by atomic mass is 16.5. The topological polar surface area (TPSA) is 123 Å². The lowest BCUT2D eigenvalue weighted by atomic mass is 9.87. The van der Waals surface area contributed by atoms with E-state index in [0.717, 1.165) is 12.8 Å². The van der Waals surface area contributed by atoms with Crippen molar-refractivity contribution in [3.63, 3.8) is 0 Å². The highest BCUT2D eigenvalue weighted by Gasteiger charge is 2.23. The Kier molecular flexibility index (Phi) is 13.8. The highest BCUT2D eigenvalue weighted by molar-refractivity contribution is 5.96. The molecule has 0 aliphatic carbocycles. The Labute approximate surface area is 192 Å². The van der Waals surface area contributed by atoms with Crippen molar-refractivity contribution in [2.45, 2.75) is 52.2 Å². The summed E-state index contributed by atoms with van der Waals surface area (Å²) in [5.41, 5.74) is 6.69. The van der Waals surface area contributed by atoms with Crippen molar-refractivity contribution in [2.24, 2.45) is 17.6 Å². The maximum Gasteiger partial charge on any atom is 0.255 e. The molecule has 0 aliphatic heterocycles. The van der Waals surface area contributed by atoms with E-state index in [-0.39, 0.29) is 36.6 Å². The molecule has 0 spiro atoms. The van der Waals surface area contributed by atoms with Crippen molar-refractivity contribution in [1.29, 1.82) is 0 Å². The number of aliphatic hydroxyl groups excluding tert-OH is 1. The van der Waals surface area contributed by atoms with E-state index in [1.807, 2.05) is 12.1 Å². The second-order valence-electron chi connectivity index (χ2n) is 8.56. The zero-order valence-corrected chi connectivity index (χ0v) is 19.9. The van der Waals surface area contributed by atoms with Crippen LogP contribution >= 0.6 is 0 Å². The van der Waals surface area contributed by atoms with Crippen LogP contribution in [-0.4, -0.2) is 68.9 Å². The first-order valence-electron chi connectivity index (χ1n) is 11.4. The summed E-state index contributed by atoms with van der Waals surface area (Å²) in [5.74, 6) is 0.741. The van der Waals surface area contributed by atoms with Crippen LogP contribution in [0.1, 0.15) is 50.4 Å². The summed E-state index contributed by atoms with van der Waals surface area (Å²) in [6.45, 7) is 7.75. The number of benzene rings is 1. The number of carbonyl (C=O) groups excluding carboxylic acids is 2. The number of Topliss-reactive ketones (excluding diaryl/α,β-unsaturated/α-hetero) is 1. The molecule has 182 valence electrons. The molecule has 32 heavy (non-hydrogen) atoms. The van der Waals surface area contributed by atoms with E-state index in [4.69, 9.17) is 15.2 Å². The molecule has 0 aliphatic rings. The van der Waals surface area contributed by atoms with Crippen LogP contribution in [-0.2, 0) is 9.53 Å². The number of ether oxygens (including phenoxy) is 2. The molecule has 1 rings (SSSR count). The summed E-state index contributed by atoms with van der Waals surface area (Å²) in [6.07, 6.45) is 1.54. The van der Waals surface area contributed by atoms with Gasteiger partial charge in [0.25, 0.3) is 5.91 Å². The molecule has 3 atom stereocenters. The third-order valence-electron chi connectivity index (χ3n) is 5.40. The maximum atomic E-state index is 12.8. The van der Waals surface area contributed by atoms with Gasteiger partial charge in [0, 0.05) is 32.8 Å². The SMILES string of the molecule is COCCCCOc1ccccc1C(=O)NCC(CC(N)C(O)CNCC(C)=O)C(C)C. The monoisotopic (exact) mass is 451 g/mol. The van der Waals surface area contributed by atoms with Gasteiger partial charge < -0.3 is 30.9 Å². The van der Waals surface area contributed by atoms with E-state index >= 15 is 0 Å². The number of nitrogens with one attached hydrogen (secondary N) is 2. The molecule has 5 N–H and O–H groups in total. The lowest BCUT2D eigenvalue weighted by molar-refractivity contribution is -0.116. The summed E-state index contributed by atoms with van der Waals surface area (Å²) in [7, 11) is 1.67. The van der Waals surface area contributed by atoms with E-state index in [9.17, 15) is 14.7 Å². The number of rotatable bonds is 17. The minimum absolute atomic E-state index is 0.00720. The Bertz CT molecular complexity index is 683. The van der Waals surface area contributed by atoms with Gasteiger partial charge in [0.15, 0.2) is 0 Å². The van der Waals surface area contributed by atoms with Crippen molar-refractivity contribution in [3.8, 4) is 5.75 Å². The Balaban J connectivity index is 2.59. The van der Waals surface area contributed by atoms with Gasteiger partial charge >= 0.3 is 0 Å². The van der Waals surface area contributed by atoms with E-state index in [1.165, 1.54) is 6.92 Å². The van der Waals surface area contributed by atoms with Gasteiger partial charge in [-0.3, -0.25) is 9.59 Å². The molecule has 1 amide bonds. The first kappa shape index (κ1) is 28.0. The van der Waals surface area contributed by atoms with Crippen LogP contribution in [0.4, 0.5) is 0 Å². The van der Waals surface area contributed by atoms with Crippen LogP contribution in [0.15, 0.2) is 24.3 Å². The normalized spacial score (nSPS) is 14.1. The van der Waals surface area contributed by atoms with Gasteiger partial charge in [-0.2, -0.15) is 0 Å². The lowest BCUT2D eigenvalue weighted by Crippen LogP contribution is -2.45. The van der Waals surface area contributed by atoms with Gasteiger partial charge in [-0.1, -0.05) is 26.0 Å². The molecule has 0 bridgehead atoms. The fourth-order valence-electron chi connectivity index (χ4n) is 3.28. The van der Waals surface area contributed by atoms with E-state index < -0.39 is 12.1 Å². The third kappa shape index (κ3) is 11.0. The molecular formula is C24H41N3O5. The van der Waals surface area contributed by atoms with Crippen LogP contribution in [0.25, 0.3) is 0 Å². The zero-order chi connectivity index (χ0) is 23.9. The van der Waals surface area contributed by atoms with E-state index in [0.29, 0.717) is 37.5 Å². The molecular weight excluding hydrogens is 410 g/mol. The third-order valence-corrected chi connectivity index (χ3v) is 5.40. The van der Waals surface area contributed by atoms with E-state index in [2.05, 4.69) is 24.5 Å². The predicted molar refractivity (Wildman–Crippen MR) is 126 cm³/mol. The van der Waals surface area contributed by atoms with Gasteiger partial charge in [-0.25, -0.2) is 0 Å². The summed E-state index contributed by atoms with van der Waals surface area (Å²) in [6, 6.07) is 6.75. The second kappa shape index (κ2) is 15.7. The molecule has 1 aromatic rings. The number of nitrogens with two attached hydrogens (primary N) is 1. The lowest BCUT2D eigenvalue weighted by Gasteiger charge is -2.27. The number of aliphatic hydroxyl groups is 1. The smallest absolute Gasteiger partial charge is 0.255 e. The van der Waals surface area contributed by atoms with Crippen LogP contribution < -0.4 is 21.1 Å². The van der Waals surface area contributed by atoms with Crippen LogP contribution in [0, 0.1) is 11.8 Å². The Hall–Kier alpha value is -2.00. The minimum Gasteiger partial charge on any atom is -0.493 e. The van der Waals surface area contributed by atoms with Crippen LogP contribution in [0.2, 0.25) is 0 Å². The van der Waals surface area contributed by atoms with Crippen molar-refractivity contribution in [3.05, 3.63) is 29.8 Å². The molecule has 3 unspecified atom stereocenters. The van der Waals surface area contributed by atoms with Crippen LogP contribution in [0.5, 0.6) is 5.75 Å². The van der Waals surface area contributed by atoms with Gasteiger partial charge in [0.1, 0.15) is 11.5 Å². The molecule has 0 radical (unpaired) electrons. The van der Waals surface area contributed by atoms with Crippen molar-refractivity contribution >= 4 is 11.7 Å². The van der Waals surface area contributed by atoms with Gasteiger partial charge in [-0.05, 0) is 50.2 Å². The molecule has 8 heteroatoms. The number of hydrogen-bond acceptors (Lipinski definition) is 7. The second-order valence-corrected chi connectivity index (χ2v) is 8.56. The summed E-state index contributed by atoms with van der Waals surface area (Å²) < 4.78 is 10.8. The molecule has 0 aromatic heterocycles. The number of ketones is 1. The van der Waals surface area contributed by atoms with Gasteiger partial charge in [0.05, 0.1) is 24.8 Å². The summed E-state index contributed by atoms with van der Waals surface area (Å²) in [4.78, 5) is 23.8. The number of methoxy groups -OCH3 is 1. The fraction of sp³-hybridized carbons (Fsp3) is 0.667. The Morgan fingerprint density at radius 3 is 2.47 bits per heavy atom. The number of hydrogen-bond donors (Lipinski definition) is 4. The fourth-order valence-corrected chi connectivity index (χ4v) is 3.28. The number of unbranched alkanes of at least 4 members (excludes halogenated alkanes) is 1. The van der Waals surface area contributed by atoms with Crippen molar-refractivity contribution < 1.29 is 24.2 Å². The average Bonchev–Trinajstić information content (AvgIpc) is 2.75. The van der Waals surface area contributed by atoms with Crippen molar-refractivity contribution in [1.82, 2.24) is 10.6 Å². The van der Waals surface area contributed by atoms with Crippen molar-refractivity contribution in [2.75, 3.05) is 40.0 Å². The molecule has 0 heterocycles. The Morgan fingerprint density at radius 2 is 1.81 bits per heavy atom. The number of carbonyl (C=O) groups is 2. The first-order chi connectivity index (χ1) is 15.3. The molecule has 8 nitrogen and oxygen atoms in total.